The van der Waals surface area contributed by atoms with Gasteiger partial charge in [0.1, 0.15) is 10.8 Å². The lowest BCUT2D eigenvalue weighted by molar-refractivity contribution is 0.0601. The Balaban J connectivity index is 1.92. The molecule has 0 radical (unpaired) electrons. The summed E-state index contributed by atoms with van der Waals surface area (Å²) in [6.45, 7) is 0. The summed E-state index contributed by atoms with van der Waals surface area (Å²) in [5, 5.41) is 3.19. The molecule has 1 heterocycles. The number of anilines is 1. The molecule has 2 aromatic rings. The molecule has 1 aliphatic rings. The molecule has 0 saturated heterocycles. The van der Waals surface area contributed by atoms with E-state index in [1.807, 2.05) is 0 Å². The second kappa shape index (κ2) is 5.88. The molecular weight excluding hydrogens is 305 g/mol. The Kier molecular flexibility index (Phi) is 3.94. The highest BCUT2D eigenvalue weighted by molar-refractivity contribution is 7.17. The number of methoxy groups -OCH3 is 1. The van der Waals surface area contributed by atoms with Gasteiger partial charge in [-0.05, 0) is 43.0 Å². The summed E-state index contributed by atoms with van der Waals surface area (Å²) in [5.41, 5.74) is 1.61. The minimum Gasteiger partial charge on any atom is -0.465 e. The van der Waals surface area contributed by atoms with Crippen molar-refractivity contribution in [2.45, 2.75) is 19.3 Å². The van der Waals surface area contributed by atoms with Gasteiger partial charge in [0.2, 0.25) is 0 Å². The lowest BCUT2D eigenvalue weighted by atomic mass is 10.1. The summed E-state index contributed by atoms with van der Waals surface area (Å²) in [6.07, 6.45) is 2.72. The molecule has 0 fully saturated rings. The highest BCUT2D eigenvalue weighted by atomic mass is 32.1. The maximum absolute atomic E-state index is 13.2. The van der Waals surface area contributed by atoms with Gasteiger partial charge in [-0.25, -0.2) is 9.18 Å². The molecule has 0 unspecified atom stereocenters. The standard InChI is InChI=1S/C16H14FNO3S/c1-21-16(20)13-11-6-3-7-12(11)22-15(13)18-14(19)9-4-2-5-10(17)8-9/h2,4-5,8H,3,6-7H2,1H3,(H,18,19). The summed E-state index contributed by atoms with van der Waals surface area (Å²) in [7, 11) is 1.32. The average Bonchev–Trinajstić information content (AvgIpc) is 3.07. The van der Waals surface area contributed by atoms with Crippen LogP contribution in [-0.2, 0) is 17.6 Å². The maximum atomic E-state index is 13.2. The second-order valence-corrected chi connectivity index (χ2v) is 6.12. The zero-order chi connectivity index (χ0) is 15.7. The predicted molar refractivity (Wildman–Crippen MR) is 82.0 cm³/mol. The Morgan fingerprint density at radius 3 is 2.86 bits per heavy atom. The molecule has 0 atom stereocenters. The van der Waals surface area contributed by atoms with E-state index in [1.165, 1.54) is 36.6 Å². The number of hydrogen-bond donors (Lipinski definition) is 1. The number of rotatable bonds is 3. The Labute approximate surface area is 130 Å². The third-order valence-corrected chi connectivity index (χ3v) is 4.83. The summed E-state index contributed by atoms with van der Waals surface area (Å²) in [5.74, 6) is -1.37. The molecule has 0 bridgehead atoms. The first-order valence-electron chi connectivity index (χ1n) is 6.90. The number of carbonyl (C=O) groups excluding carboxylic acids is 2. The molecule has 6 heteroatoms. The third-order valence-electron chi connectivity index (χ3n) is 3.62. The summed E-state index contributed by atoms with van der Waals surface area (Å²) in [4.78, 5) is 25.3. The molecule has 3 rings (SSSR count). The molecular formula is C16H14FNO3S. The van der Waals surface area contributed by atoms with Crippen LogP contribution >= 0.6 is 11.3 Å². The quantitative estimate of drug-likeness (QED) is 0.882. The fraction of sp³-hybridized carbons (Fsp3) is 0.250. The van der Waals surface area contributed by atoms with E-state index >= 15 is 0 Å². The fourth-order valence-corrected chi connectivity index (χ4v) is 3.89. The smallest absolute Gasteiger partial charge is 0.341 e. The minimum absolute atomic E-state index is 0.212. The van der Waals surface area contributed by atoms with E-state index in [0.29, 0.717) is 10.6 Å². The zero-order valence-corrected chi connectivity index (χ0v) is 12.8. The minimum atomic E-state index is -0.477. The number of carbonyl (C=O) groups is 2. The number of hydrogen-bond acceptors (Lipinski definition) is 4. The van der Waals surface area contributed by atoms with Crippen molar-refractivity contribution in [2.24, 2.45) is 0 Å². The van der Waals surface area contributed by atoms with E-state index in [4.69, 9.17) is 4.74 Å². The molecule has 22 heavy (non-hydrogen) atoms. The number of ether oxygens (including phenoxy) is 1. The van der Waals surface area contributed by atoms with Crippen LogP contribution in [0.2, 0.25) is 0 Å². The Morgan fingerprint density at radius 1 is 1.32 bits per heavy atom. The van der Waals surface area contributed by atoms with Crippen LogP contribution in [0.15, 0.2) is 24.3 Å². The van der Waals surface area contributed by atoms with Gasteiger partial charge in [-0.3, -0.25) is 4.79 Å². The second-order valence-electron chi connectivity index (χ2n) is 5.02. The van der Waals surface area contributed by atoms with Crippen LogP contribution in [0.5, 0.6) is 0 Å². The van der Waals surface area contributed by atoms with E-state index in [-0.39, 0.29) is 5.56 Å². The number of amides is 1. The van der Waals surface area contributed by atoms with Crippen molar-refractivity contribution in [3.63, 3.8) is 0 Å². The average molecular weight is 319 g/mol. The number of aryl methyl sites for hydroxylation is 1. The molecule has 0 saturated carbocycles. The van der Waals surface area contributed by atoms with Gasteiger partial charge in [0.25, 0.3) is 5.91 Å². The fourth-order valence-electron chi connectivity index (χ4n) is 2.62. The van der Waals surface area contributed by atoms with Crippen LogP contribution in [0.4, 0.5) is 9.39 Å². The number of thiophene rings is 1. The molecule has 0 spiro atoms. The van der Waals surface area contributed by atoms with Crippen molar-refractivity contribution in [3.8, 4) is 0 Å². The highest BCUT2D eigenvalue weighted by Crippen LogP contribution is 2.39. The first-order valence-corrected chi connectivity index (χ1v) is 7.71. The number of fused-ring (bicyclic) bond motifs is 1. The van der Waals surface area contributed by atoms with Gasteiger partial charge in [-0.2, -0.15) is 0 Å². The number of esters is 1. The van der Waals surface area contributed by atoms with E-state index in [9.17, 15) is 14.0 Å². The molecule has 1 N–H and O–H groups in total. The van der Waals surface area contributed by atoms with Gasteiger partial charge in [-0.1, -0.05) is 6.07 Å². The van der Waals surface area contributed by atoms with Crippen molar-refractivity contribution in [3.05, 3.63) is 51.7 Å². The summed E-state index contributed by atoms with van der Waals surface area (Å²) >= 11 is 1.39. The van der Waals surface area contributed by atoms with Crippen molar-refractivity contribution in [1.82, 2.24) is 0 Å². The van der Waals surface area contributed by atoms with Crippen molar-refractivity contribution >= 4 is 28.2 Å². The Hall–Kier alpha value is -2.21. The predicted octanol–water partition coefficient (Wildman–Crippen LogP) is 3.41. The summed E-state index contributed by atoms with van der Waals surface area (Å²) in [6, 6.07) is 5.43. The topological polar surface area (TPSA) is 55.4 Å². The first kappa shape index (κ1) is 14.7. The van der Waals surface area contributed by atoms with Gasteiger partial charge in [-0.15, -0.1) is 11.3 Å². The maximum Gasteiger partial charge on any atom is 0.341 e. The van der Waals surface area contributed by atoms with Crippen LogP contribution < -0.4 is 5.32 Å². The largest absolute Gasteiger partial charge is 0.465 e. The number of halogens is 1. The van der Waals surface area contributed by atoms with E-state index in [0.717, 1.165) is 35.8 Å². The highest BCUT2D eigenvalue weighted by Gasteiger charge is 2.28. The zero-order valence-electron chi connectivity index (χ0n) is 11.9. The molecule has 1 aromatic heterocycles. The van der Waals surface area contributed by atoms with Crippen molar-refractivity contribution < 1.29 is 18.7 Å². The monoisotopic (exact) mass is 319 g/mol. The molecule has 4 nitrogen and oxygen atoms in total. The molecule has 1 aromatic carbocycles. The van der Waals surface area contributed by atoms with Crippen LogP contribution in [0, 0.1) is 5.82 Å². The van der Waals surface area contributed by atoms with E-state index in [1.54, 1.807) is 0 Å². The van der Waals surface area contributed by atoms with Gasteiger partial charge < -0.3 is 10.1 Å². The van der Waals surface area contributed by atoms with Gasteiger partial charge in [0, 0.05) is 10.4 Å². The molecule has 1 amide bonds. The lowest BCUT2D eigenvalue weighted by Crippen LogP contribution is -2.14. The van der Waals surface area contributed by atoms with Gasteiger partial charge in [0.15, 0.2) is 0 Å². The molecule has 1 aliphatic carbocycles. The molecule has 0 aliphatic heterocycles. The SMILES string of the molecule is COC(=O)c1c(NC(=O)c2cccc(F)c2)sc2c1CCC2. The van der Waals surface area contributed by atoms with Crippen molar-refractivity contribution in [2.75, 3.05) is 12.4 Å². The van der Waals surface area contributed by atoms with Gasteiger partial charge >= 0.3 is 5.97 Å². The molecule has 114 valence electrons. The normalized spacial score (nSPS) is 12.8. The van der Waals surface area contributed by atoms with Crippen LogP contribution in [0.1, 0.15) is 37.6 Å². The lowest BCUT2D eigenvalue weighted by Gasteiger charge is -2.07. The van der Waals surface area contributed by atoms with Crippen LogP contribution in [0.3, 0.4) is 0 Å². The van der Waals surface area contributed by atoms with E-state index in [2.05, 4.69) is 5.32 Å². The Bertz CT molecular complexity index is 754. The Morgan fingerprint density at radius 2 is 2.14 bits per heavy atom. The van der Waals surface area contributed by atoms with Crippen molar-refractivity contribution in [1.29, 1.82) is 0 Å². The van der Waals surface area contributed by atoms with Crippen LogP contribution in [-0.4, -0.2) is 19.0 Å². The van der Waals surface area contributed by atoms with E-state index < -0.39 is 17.7 Å². The van der Waals surface area contributed by atoms with Crippen LogP contribution in [0.25, 0.3) is 0 Å². The number of benzene rings is 1. The summed E-state index contributed by atoms with van der Waals surface area (Å²) < 4.78 is 18.0. The number of nitrogens with one attached hydrogen (secondary N) is 1. The first-order chi connectivity index (χ1) is 10.6. The third kappa shape index (κ3) is 2.62. The van der Waals surface area contributed by atoms with Gasteiger partial charge in [0.05, 0.1) is 12.7 Å².